The average Bonchev–Trinajstić information content (AvgIpc) is 2.77. The van der Waals surface area contributed by atoms with Crippen LogP contribution in [-0.2, 0) is 9.59 Å². The summed E-state index contributed by atoms with van der Waals surface area (Å²) in [4.78, 5) is 25.3. The smallest absolute Gasteiger partial charge is 0.139 e. The number of rotatable bonds is 0. The Kier molecular flexibility index (Phi) is 3.15. The minimum absolute atomic E-state index is 0.113. The molecule has 122 valence electrons. The second-order valence-electron chi connectivity index (χ2n) is 8.96. The lowest BCUT2D eigenvalue weighted by Crippen LogP contribution is -2.57. The van der Waals surface area contributed by atoms with Crippen LogP contribution in [0.1, 0.15) is 65.2 Å². The largest absolute Gasteiger partial charge is 0.393 e. The second-order valence-corrected chi connectivity index (χ2v) is 8.96. The van der Waals surface area contributed by atoms with Crippen molar-refractivity contribution < 1.29 is 14.7 Å². The molecule has 0 amide bonds. The molecule has 4 rings (SSSR count). The van der Waals surface area contributed by atoms with Crippen molar-refractivity contribution >= 4 is 11.6 Å². The van der Waals surface area contributed by atoms with Gasteiger partial charge in [-0.05, 0) is 61.7 Å². The van der Waals surface area contributed by atoms with E-state index in [4.69, 9.17) is 0 Å². The molecule has 3 nitrogen and oxygen atoms in total. The Morgan fingerprint density at radius 3 is 2.59 bits per heavy atom. The lowest BCUT2D eigenvalue weighted by Gasteiger charge is -2.59. The summed E-state index contributed by atoms with van der Waals surface area (Å²) in [5.74, 6) is 1.99. The van der Waals surface area contributed by atoms with E-state index in [2.05, 4.69) is 13.8 Å². The van der Waals surface area contributed by atoms with Crippen molar-refractivity contribution in [2.24, 2.45) is 34.5 Å². The summed E-state index contributed by atoms with van der Waals surface area (Å²) in [5.41, 5.74) is -0.0288. The fraction of sp³-hybridized carbons (Fsp3) is 0.895. The van der Waals surface area contributed by atoms with Gasteiger partial charge < -0.3 is 5.11 Å². The van der Waals surface area contributed by atoms with Crippen LogP contribution < -0.4 is 0 Å². The van der Waals surface area contributed by atoms with E-state index in [-0.39, 0.29) is 28.8 Å². The van der Waals surface area contributed by atoms with Gasteiger partial charge in [0.2, 0.25) is 0 Å². The number of ketones is 2. The molecule has 0 radical (unpaired) electrons. The first-order valence-electron chi connectivity index (χ1n) is 9.10. The van der Waals surface area contributed by atoms with Gasteiger partial charge in [0.15, 0.2) is 0 Å². The van der Waals surface area contributed by atoms with Crippen LogP contribution in [0.2, 0.25) is 0 Å². The number of aliphatic hydroxyl groups excluding tert-OH is 1. The van der Waals surface area contributed by atoms with E-state index in [0.29, 0.717) is 36.2 Å². The maximum absolute atomic E-state index is 12.9. The van der Waals surface area contributed by atoms with Gasteiger partial charge in [0.25, 0.3) is 0 Å². The molecule has 4 saturated carbocycles. The quantitative estimate of drug-likeness (QED) is 0.748. The van der Waals surface area contributed by atoms with E-state index >= 15 is 0 Å². The van der Waals surface area contributed by atoms with Gasteiger partial charge in [-0.3, -0.25) is 9.59 Å². The monoisotopic (exact) mass is 304 g/mol. The molecule has 0 heterocycles. The Hall–Kier alpha value is -0.700. The van der Waals surface area contributed by atoms with E-state index in [1.165, 1.54) is 0 Å². The predicted octanol–water partition coefficient (Wildman–Crippen LogP) is 3.14. The van der Waals surface area contributed by atoms with Crippen molar-refractivity contribution in [3.05, 3.63) is 0 Å². The van der Waals surface area contributed by atoms with Gasteiger partial charge in [0, 0.05) is 24.2 Å². The first-order valence-corrected chi connectivity index (χ1v) is 9.10. The molecule has 0 aromatic heterocycles. The number of carbonyl (C=O) groups is 2. The zero-order chi connectivity index (χ0) is 15.7. The van der Waals surface area contributed by atoms with Crippen LogP contribution in [0.4, 0.5) is 0 Å². The topological polar surface area (TPSA) is 54.4 Å². The van der Waals surface area contributed by atoms with E-state index < -0.39 is 0 Å². The van der Waals surface area contributed by atoms with Gasteiger partial charge in [-0.25, -0.2) is 0 Å². The molecule has 0 unspecified atom stereocenters. The third kappa shape index (κ3) is 1.78. The van der Waals surface area contributed by atoms with E-state index in [1.54, 1.807) is 0 Å². The number of Topliss-reactive ketones (excluding diaryl/α,β-unsaturated/α-hetero) is 2. The summed E-state index contributed by atoms with van der Waals surface area (Å²) in [6, 6.07) is 0. The van der Waals surface area contributed by atoms with Crippen molar-refractivity contribution in [3.8, 4) is 0 Å². The van der Waals surface area contributed by atoms with Gasteiger partial charge in [-0.1, -0.05) is 13.8 Å². The van der Waals surface area contributed by atoms with Gasteiger partial charge >= 0.3 is 0 Å². The SMILES string of the molecule is C[C@]12CC[C@@H](O)C[C@@H]1CC(=O)[C@H]1[C@H]2CC[C@]2(C)C(=O)CC[C@@H]12. The molecule has 3 heteroatoms. The van der Waals surface area contributed by atoms with Crippen LogP contribution in [0, 0.1) is 34.5 Å². The highest BCUT2D eigenvalue weighted by molar-refractivity contribution is 5.90. The normalized spacial score (nSPS) is 54.6. The molecule has 22 heavy (non-hydrogen) atoms. The lowest BCUT2D eigenvalue weighted by atomic mass is 9.45. The standard InChI is InChI=1S/C19H28O3/c1-18-7-5-12(20)9-11(18)10-15(21)17-13-3-4-16(22)19(13,2)8-6-14(17)18/h11-14,17,20H,3-10H2,1-2H3/t11-,12-,13+,14-,17-,18+,19+/m1/s1. The van der Waals surface area contributed by atoms with E-state index in [0.717, 1.165) is 38.5 Å². The van der Waals surface area contributed by atoms with Crippen LogP contribution in [0.5, 0.6) is 0 Å². The zero-order valence-electron chi connectivity index (χ0n) is 13.8. The first-order chi connectivity index (χ1) is 10.4. The number of hydrogen-bond donors (Lipinski definition) is 1. The molecular formula is C19H28O3. The van der Waals surface area contributed by atoms with Crippen LogP contribution >= 0.6 is 0 Å². The summed E-state index contributed by atoms with van der Waals surface area (Å²) >= 11 is 0. The molecule has 1 N–H and O–H groups in total. The van der Waals surface area contributed by atoms with Gasteiger partial charge in [-0.2, -0.15) is 0 Å². The summed E-state index contributed by atoms with van der Waals surface area (Å²) in [7, 11) is 0. The Balaban J connectivity index is 1.70. The van der Waals surface area contributed by atoms with Gasteiger partial charge in [0.05, 0.1) is 6.10 Å². The van der Waals surface area contributed by atoms with Crippen molar-refractivity contribution in [2.45, 2.75) is 71.3 Å². The summed E-state index contributed by atoms with van der Waals surface area (Å²) in [6.45, 7) is 4.49. The second kappa shape index (κ2) is 4.66. The van der Waals surface area contributed by atoms with Crippen molar-refractivity contribution in [3.63, 3.8) is 0 Å². The molecule has 4 aliphatic rings. The maximum atomic E-state index is 12.9. The number of fused-ring (bicyclic) bond motifs is 5. The Morgan fingerprint density at radius 1 is 1.05 bits per heavy atom. The zero-order valence-corrected chi connectivity index (χ0v) is 13.8. The first kappa shape index (κ1) is 14.9. The van der Waals surface area contributed by atoms with Crippen molar-refractivity contribution in [1.82, 2.24) is 0 Å². The molecule has 4 fully saturated rings. The summed E-state index contributed by atoms with van der Waals surface area (Å²) in [5, 5.41) is 10.0. The Bertz CT molecular complexity index is 527. The molecule has 0 aromatic carbocycles. The fourth-order valence-corrected chi connectivity index (χ4v) is 6.68. The molecule has 0 aliphatic heterocycles. The average molecular weight is 304 g/mol. The number of carbonyl (C=O) groups excluding carboxylic acids is 2. The summed E-state index contributed by atoms with van der Waals surface area (Å²) < 4.78 is 0. The fourth-order valence-electron chi connectivity index (χ4n) is 6.68. The Morgan fingerprint density at radius 2 is 1.82 bits per heavy atom. The summed E-state index contributed by atoms with van der Waals surface area (Å²) in [6.07, 6.45) is 6.73. The minimum atomic E-state index is -0.228. The van der Waals surface area contributed by atoms with E-state index in [9.17, 15) is 14.7 Å². The molecule has 0 aromatic rings. The molecular weight excluding hydrogens is 276 g/mol. The molecule has 0 bridgehead atoms. The van der Waals surface area contributed by atoms with Gasteiger partial charge in [-0.15, -0.1) is 0 Å². The van der Waals surface area contributed by atoms with Crippen molar-refractivity contribution in [2.75, 3.05) is 0 Å². The predicted molar refractivity (Wildman–Crippen MR) is 83.1 cm³/mol. The highest BCUT2D eigenvalue weighted by atomic mass is 16.3. The van der Waals surface area contributed by atoms with Gasteiger partial charge in [0.1, 0.15) is 11.6 Å². The third-order valence-corrected chi connectivity index (χ3v) is 8.15. The minimum Gasteiger partial charge on any atom is -0.393 e. The Labute approximate surface area is 132 Å². The molecule has 0 spiro atoms. The van der Waals surface area contributed by atoms with Crippen LogP contribution in [0.15, 0.2) is 0 Å². The van der Waals surface area contributed by atoms with Crippen LogP contribution in [-0.4, -0.2) is 22.8 Å². The highest BCUT2D eigenvalue weighted by Crippen LogP contribution is 2.64. The number of aliphatic hydroxyl groups is 1. The number of hydrogen-bond acceptors (Lipinski definition) is 3. The van der Waals surface area contributed by atoms with Crippen LogP contribution in [0.3, 0.4) is 0 Å². The molecule has 7 atom stereocenters. The molecule has 4 aliphatic carbocycles. The van der Waals surface area contributed by atoms with Crippen LogP contribution in [0.25, 0.3) is 0 Å². The van der Waals surface area contributed by atoms with E-state index in [1.807, 2.05) is 0 Å². The molecule has 0 saturated heterocycles. The maximum Gasteiger partial charge on any atom is 0.139 e. The highest BCUT2D eigenvalue weighted by Gasteiger charge is 2.62. The van der Waals surface area contributed by atoms with Crippen molar-refractivity contribution in [1.29, 1.82) is 0 Å². The third-order valence-electron chi connectivity index (χ3n) is 8.15. The lowest BCUT2D eigenvalue weighted by molar-refractivity contribution is -0.160.